The standard InChI is InChI=1S/C12H23NO2/c14-11-4-8-13(9-5-11)10-12(15)6-2-1-3-7-12/h11,14-15H,1-10H2. The number of aliphatic hydroxyl groups is 2. The fourth-order valence-electron chi connectivity index (χ4n) is 2.86. The van der Waals surface area contributed by atoms with Crippen molar-refractivity contribution in [3.63, 3.8) is 0 Å². The lowest BCUT2D eigenvalue weighted by molar-refractivity contribution is -0.0384. The lowest BCUT2D eigenvalue weighted by atomic mass is 9.84. The Kier molecular flexibility index (Phi) is 3.65. The van der Waals surface area contributed by atoms with Crippen molar-refractivity contribution in [2.45, 2.75) is 56.7 Å². The molecule has 1 saturated carbocycles. The van der Waals surface area contributed by atoms with Gasteiger partial charge in [0.2, 0.25) is 0 Å². The first-order valence-corrected chi connectivity index (χ1v) is 6.31. The number of nitrogens with zero attached hydrogens (tertiary/aromatic N) is 1. The van der Waals surface area contributed by atoms with E-state index in [2.05, 4.69) is 4.90 Å². The van der Waals surface area contributed by atoms with Crippen LogP contribution in [0.15, 0.2) is 0 Å². The van der Waals surface area contributed by atoms with E-state index in [0.29, 0.717) is 0 Å². The number of likely N-dealkylation sites (tertiary alicyclic amines) is 1. The molecule has 0 atom stereocenters. The molecular formula is C12H23NO2. The Morgan fingerprint density at radius 1 is 1.07 bits per heavy atom. The average molecular weight is 213 g/mol. The quantitative estimate of drug-likeness (QED) is 0.723. The predicted octanol–water partition coefficient (Wildman–Crippen LogP) is 1.14. The monoisotopic (exact) mass is 213 g/mol. The summed E-state index contributed by atoms with van der Waals surface area (Å²) in [6.07, 6.45) is 7.19. The third kappa shape index (κ3) is 3.16. The first-order chi connectivity index (χ1) is 7.18. The molecule has 3 nitrogen and oxygen atoms in total. The Morgan fingerprint density at radius 2 is 1.67 bits per heavy atom. The Balaban J connectivity index is 1.80. The zero-order valence-corrected chi connectivity index (χ0v) is 9.49. The van der Waals surface area contributed by atoms with Gasteiger partial charge in [-0.25, -0.2) is 0 Å². The van der Waals surface area contributed by atoms with Gasteiger partial charge in [0, 0.05) is 19.6 Å². The van der Waals surface area contributed by atoms with Crippen LogP contribution in [0.25, 0.3) is 0 Å². The maximum Gasteiger partial charge on any atom is 0.0774 e. The van der Waals surface area contributed by atoms with Crippen LogP contribution < -0.4 is 0 Å². The van der Waals surface area contributed by atoms with Crippen LogP contribution in [0.3, 0.4) is 0 Å². The number of β-amino-alcohol motifs (C(OH)–C–C–N with tert-alkyl or cyclic N) is 1. The summed E-state index contributed by atoms with van der Waals surface area (Å²) in [7, 11) is 0. The van der Waals surface area contributed by atoms with E-state index in [1.54, 1.807) is 0 Å². The highest BCUT2D eigenvalue weighted by Crippen LogP contribution is 2.29. The molecule has 15 heavy (non-hydrogen) atoms. The molecular weight excluding hydrogens is 190 g/mol. The maximum absolute atomic E-state index is 10.4. The van der Waals surface area contributed by atoms with Crippen LogP contribution >= 0.6 is 0 Å². The normalized spacial score (nSPS) is 29.2. The first kappa shape index (κ1) is 11.4. The van der Waals surface area contributed by atoms with Crippen LogP contribution in [0, 0.1) is 0 Å². The lowest BCUT2D eigenvalue weighted by Crippen LogP contribution is -2.47. The van der Waals surface area contributed by atoms with Gasteiger partial charge in [-0.15, -0.1) is 0 Å². The van der Waals surface area contributed by atoms with Gasteiger partial charge in [-0.1, -0.05) is 19.3 Å². The summed E-state index contributed by atoms with van der Waals surface area (Å²) in [4.78, 5) is 2.32. The molecule has 0 aromatic carbocycles. The SMILES string of the molecule is OC1CCN(CC2(O)CCCCC2)CC1. The number of hydrogen-bond donors (Lipinski definition) is 2. The Hall–Kier alpha value is -0.120. The van der Waals surface area contributed by atoms with Crippen LogP contribution in [0.5, 0.6) is 0 Å². The molecule has 0 radical (unpaired) electrons. The number of piperidine rings is 1. The third-order valence-corrected chi connectivity index (χ3v) is 3.86. The summed E-state index contributed by atoms with van der Waals surface area (Å²) in [5.41, 5.74) is -0.430. The van der Waals surface area contributed by atoms with Gasteiger partial charge < -0.3 is 15.1 Å². The van der Waals surface area contributed by atoms with Crippen molar-refractivity contribution in [3.8, 4) is 0 Å². The van der Waals surface area contributed by atoms with Gasteiger partial charge in [-0.2, -0.15) is 0 Å². The van der Waals surface area contributed by atoms with Crippen molar-refractivity contribution < 1.29 is 10.2 Å². The number of hydrogen-bond acceptors (Lipinski definition) is 3. The molecule has 1 aliphatic heterocycles. The van der Waals surface area contributed by atoms with Crippen molar-refractivity contribution in [1.82, 2.24) is 4.90 Å². The van der Waals surface area contributed by atoms with E-state index in [4.69, 9.17) is 0 Å². The smallest absolute Gasteiger partial charge is 0.0774 e. The molecule has 1 heterocycles. The van der Waals surface area contributed by atoms with Crippen LogP contribution in [0.2, 0.25) is 0 Å². The summed E-state index contributed by atoms with van der Waals surface area (Å²) in [5.74, 6) is 0. The second-order valence-corrected chi connectivity index (χ2v) is 5.29. The van der Waals surface area contributed by atoms with Crippen molar-refractivity contribution in [3.05, 3.63) is 0 Å². The minimum atomic E-state index is -0.430. The maximum atomic E-state index is 10.4. The molecule has 3 heteroatoms. The molecule has 0 spiro atoms. The van der Waals surface area contributed by atoms with Gasteiger partial charge in [-0.3, -0.25) is 0 Å². The molecule has 1 aliphatic carbocycles. The molecule has 2 rings (SSSR count). The van der Waals surface area contributed by atoms with Gasteiger partial charge in [-0.05, 0) is 25.7 Å². The van der Waals surface area contributed by atoms with E-state index in [1.165, 1.54) is 19.3 Å². The van der Waals surface area contributed by atoms with Crippen LogP contribution in [-0.4, -0.2) is 46.5 Å². The van der Waals surface area contributed by atoms with Crippen LogP contribution in [0.1, 0.15) is 44.9 Å². The Bertz CT molecular complexity index is 194. The van der Waals surface area contributed by atoms with Crippen molar-refractivity contribution in [2.24, 2.45) is 0 Å². The van der Waals surface area contributed by atoms with Gasteiger partial charge in [0.25, 0.3) is 0 Å². The lowest BCUT2D eigenvalue weighted by Gasteiger charge is -2.39. The molecule has 0 amide bonds. The number of rotatable bonds is 2. The molecule has 88 valence electrons. The summed E-state index contributed by atoms with van der Waals surface area (Å²) in [6.45, 7) is 2.71. The largest absolute Gasteiger partial charge is 0.393 e. The fraction of sp³-hybridized carbons (Fsp3) is 1.00. The minimum absolute atomic E-state index is 0.109. The Morgan fingerprint density at radius 3 is 2.27 bits per heavy atom. The van der Waals surface area contributed by atoms with Gasteiger partial charge in [0.15, 0.2) is 0 Å². The van der Waals surface area contributed by atoms with Gasteiger partial charge in [0.05, 0.1) is 11.7 Å². The van der Waals surface area contributed by atoms with E-state index >= 15 is 0 Å². The van der Waals surface area contributed by atoms with E-state index in [0.717, 1.165) is 45.3 Å². The summed E-state index contributed by atoms with van der Waals surface area (Å²) >= 11 is 0. The van der Waals surface area contributed by atoms with Gasteiger partial charge in [0.1, 0.15) is 0 Å². The summed E-state index contributed by atoms with van der Waals surface area (Å²) in [6, 6.07) is 0. The number of aliphatic hydroxyl groups excluding tert-OH is 1. The zero-order valence-electron chi connectivity index (χ0n) is 9.49. The van der Waals surface area contributed by atoms with E-state index in [9.17, 15) is 10.2 Å². The molecule has 1 saturated heterocycles. The Labute approximate surface area is 92.1 Å². The average Bonchev–Trinajstić information content (AvgIpc) is 2.22. The topological polar surface area (TPSA) is 43.7 Å². The second-order valence-electron chi connectivity index (χ2n) is 5.29. The molecule has 2 fully saturated rings. The third-order valence-electron chi connectivity index (χ3n) is 3.86. The van der Waals surface area contributed by atoms with Crippen molar-refractivity contribution >= 4 is 0 Å². The van der Waals surface area contributed by atoms with Crippen LogP contribution in [0.4, 0.5) is 0 Å². The summed E-state index contributed by atoms with van der Waals surface area (Å²) < 4.78 is 0. The highest BCUT2D eigenvalue weighted by Gasteiger charge is 2.32. The molecule has 0 aromatic heterocycles. The molecule has 2 N–H and O–H groups in total. The molecule has 0 unspecified atom stereocenters. The van der Waals surface area contributed by atoms with Crippen molar-refractivity contribution in [2.75, 3.05) is 19.6 Å². The highest BCUT2D eigenvalue weighted by molar-refractivity contribution is 4.87. The molecule has 2 aliphatic rings. The zero-order chi connectivity index (χ0) is 10.7. The van der Waals surface area contributed by atoms with Crippen molar-refractivity contribution in [1.29, 1.82) is 0 Å². The highest BCUT2D eigenvalue weighted by atomic mass is 16.3. The fourth-order valence-corrected chi connectivity index (χ4v) is 2.86. The second kappa shape index (κ2) is 4.81. The molecule has 0 aromatic rings. The van der Waals surface area contributed by atoms with Gasteiger partial charge >= 0.3 is 0 Å². The van der Waals surface area contributed by atoms with E-state index in [1.807, 2.05) is 0 Å². The predicted molar refractivity (Wildman–Crippen MR) is 59.7 cm³/mol. The minimum Gasteiger partial charge on any atom is -0.393 e. The van der Waals surface area contributed by atoms with E-state index in [-0.39, 0.29) is 6.10 Å². The van der Waals surface area contributed by atoms with Crippen LogP contribution in [-0.2, 0) is 0 Å². The van der Waals surface area contributed by atoms with E-state index < -0.39 is 5.60 Å². The molecule has 0 bridgehead atoms. The first-order valence-electron chi connectivity index (χ1n) is 6.31. The summed E-state index contributed by atoms with van der Waals surface area (Å²) in [5, 5.41) is 19.8.